The topological polar surface area (TPSA) is 99.8 Å². The van der Waals surface area contributed by atoms with Gasteiger partial charge in [-0.15, -0.1) is 0 Å². The van der Waals surface area contributed by atoms with Gasteiger partial charge in [0.1, 0.15) is 23.0 Å². The maximum absolute atomic E-state index is 12.9. The number of carbonyl (C=O) groups is 1. The van der Waals surface area contributed by atoms with Crippen LogP contribution in [0.2, 0.25) is 0 Å². The number of ether oxygens (including phenoxy) is 2. The smallest absolute Gasteiger partial charge is 0.277 e. The molecule has 2 N–H and O–H groups in total. The van der Waals surface area contributed by atoms with Gasteiger partial charge in [0, 0.05) is 31.9 Å². The van der Waals surface area contributed by atoms with E-state index >= 15 is 0 Å². The number of nitrogens with zero attached hydrogens (tertiary/aromatic N) is 3. The number of fused-ring (bicyclic) bond motifs is 1. The molecule has 9 nitrogen and oxygen atoms in total. The Labute approximate surface area is 180 Å². The summed E-state index contributed by atoms with van der Waals surface area (Å²) in [5, 5.41) is 1.63. The van der Waals surface area contributed by atoms with Crippen LogP contribution in [-0.2, 0) is 4.74 Å². The van der Waals surface area contributed by atoms with Gasteiger partial charge in [-0.05, 0) is 37.6 Å². The molecule has 3 heterocycles. The molecular weight excluding hydrogens is 398 g/mol. The molecule has 0 radical (unpaired) electrons. The molecule has 1 aromatic carbocycles. The number of benzene rings is 1. The number of hydrogen-bond donors (Lipinski definition) is 2. The fourth-order valence-corrected chi connectivity index (χ4v) is 3.73. The van der Waals surface area contributed by atoms with Crippen molar-refractivity contribution in [1.29, 1.82) is 0 Å². The van der Waals surface area contributed by atoms with E-state index in [-0.39, 0.29) is 11.3 Å². The molecule has 164 valence electrons. The second kappa shape index (κ2) is 8.91. The van der Waals surface area contributed by atoms with Gasteiger partial charge in [-0.25, -0.2) is 4.98 Å². The highest BCUT2D eigenvalue weighted by Crippen LogP contribution is 2.31. The average molecular weight is 425 g/mol. The number of ketones is 1. The fourth-order valence-electron chi connectivity index (χ4n) is 3.73. The Morgan fingerprint density at radius 1 is 1.29 bits per heavy atom. The number of anilines is 1. The van der Waals surface area contributed by atoms with E-state index in [4.69, 9.17) is 14.5 Å². The van der Waals surface area contributed by atoms with E-state index in [1.807, 2.05) is 13.8 Å². The highest BCUT2D eigenvalue weighted by Gasteiger charge is 2.23. The molecule has 0 amide bonds. The lowest BCUT2D eigenvalue weighted by Gasteiger charge is -2.26. The molecule has 9 heteroatoms. The molecule has 0 atom stereocenters. The summed E-state index contributed by atoms with van der Waals surface area (Å²) >= 11 is 0. The number of rotatable bonds is 6. The van der Waals surface area contributed by atoms with E-state index in [2.05, 4.69) is 15.3 Å². The van der Waals surface area contributed by atoms with Gasteiger partial charge in [-0.1, -0.05) is 0 Å². The highest BCUT2D eigenvalue weighted by molar-refractivity contribution is 5.99. The molecule has 0 unspecified atom stereocenters. The van der Waals surface area contributed by atoms with Crippen LogP contribution >= 0.6 is 0 Å². The van der Waals surface area contributed by atoms with Crippen molar-refractivity contribution in [2.45, 2.75) is 13.8 Å². The molecule has 0 saturated carbocycles. The number of H-pyrrole nitrogens is 1. The minimum atomic E-state index is -0.269. The number of carbonyl (C=O) groups excluding carboxylic acids is 1. The summed E-state index contributed by atoms with van der Waals surface area (Å²) in [5.41, 5.74) is 5.76. The quantitative estimate of drug-likeness (QED) is 0.675. The van der Waals surface area contributed by atoms with E-state index < -0.39 is 0 Å². The maximum Gasteiger partial charge on any atom is 0.277 e. The average Bonchev–Trinajstić information content (AvgIpc) is 2.77. The molecule has 2 aromatic rings. The predicted molar refractivity (Wildman–Crippen MR) is 118 cm³/mol. The van der Waals surface area contributed by atoms with Crippen LogP contribution in [-0.4, -0.2) is 67.2 Å². The molecule has 0 bridgehead atoms. The first-order valence-electron chi connectivity index (χ1n) is 10.4. The summed E-state index contributed by atoms with van der Waals surface area (Å²) in [6.45, 7) is 7.30. The van der Waals surface area contributed by atoms with Crippen LogP contribution in [0.4, 0.5) is 5.69 Å². The van der Waals surface area contributed by atoms with Crippen LogP contribution in [0.5, 0.6) is 5.75 Å². The second-order valence-corrected chi connectivity index (χ2v) is 7.58. The van der Waals surface area contributed by atoms with E-state index in [9.17, 15) is 9.59 Å². The van der Waals surface area contributed by atoms with Gasteiger partial charge in [-0.2, -0.15) is 0 Å². The Bertz CT molecular complexity index is 1070. The van der Waals surface area contributed by atoms with Crippen LogP contribution in [0.15, 0.2) is 29.2 Å². The number of nitrogens with one attached hydrogen (secondary N) is 2. The van der Waals surface area contributed by atoms with Crippen molar-refractivity contribution in [2.75, 3.05) is 51.5 Å². The van der Waals surface area contributed by atoms with Crippen LogP contribution in [0.1, 0.15) is 29.9 Å². The molecule has 1 fully saturated rings. The number of hydrazine groups is 1. The van der Waals surface area contributed by atoms with Crippen LogP contribution in [0.3, 0.4) is 0 Å². The zero-order valence-corrected chi connectivity index (χ0v) is 18.0. The number of hydrogen-bond acceptors (Lipinski definition) is 8. The van der Waals surface area contributed by atoms with Crippen molar-refractivity contribution in [3.63, 3.8) is 0 Å². The third-order valence-corrected chi connectivity index (χ3v) is 5.41. The lowest BCUT2D eigenvalue weighted by atomic mass is 10.0. The van der Waals surface area contributed by atoms with Crippen molar-refractivity contribution < 1.29 is 14.3 Å². The monoisotopic (exact) mass is 425 g/mol. The zero-order chi connectivity index (χ0) is 22.0. The Kier molecular flexibility index (Phi) is 6.06. The first-order chi connectivity index (χ1) is 15.0. The fraction of sp³-hybridized carbons (Fsp3) is 0.409. The lowest BCUT2D eigenvalue weighted by Crippen LogP contribution is -2.39. The largest absolute Gasteiger partial charge is 0.493 e. The molecule has 4 rings (SSSR count). The van der Waals surface area contributed by atoms with E-state index in [0.717, 1.165) is 18.7 Å². The van der Waals surface area contributed by atoms with E-state index in [0.29, 0.717) is 60.4 Å². The first-order valence-corrected chi connectivity index (χ1v) is 10.4. The molecule has 2 aliphatic heterocycles. The number of aromatic amines is 1. The van der Waals surface area contributed by atoms with Crippen molar-refractivity contribution in [3.05, 3.63) is 46.0 Å². The molecular formula is C22H27N5O4. The number of aromatic nitrogens is 2. The predicted octanol–water partition coefficient (Wildman–Crippen LogP) is 1.67. The Hall–Kier alpha value is -3.17. The van der Waals surface area contributed by atoms with Gasteiger partial charge >= 0.3 is 0 Å². The van der Waals surface area contributed by atoms with Gasteiger partial charge in [0.25, 0.3) is 5.56 Å². The van der Waals surface area contributed by atoms with Gasteiger partial charge in [0.15, 0.2) is 5.78 Å². The Morgan fingerprint density at radius 3 is 2.81 bits per heavy atom. The summed E-state index contributed by atoms with van der Waals surface area (Å²) < 4.78 is 11.1. The minimum absolute atomic E-state index is 0.00603. The van der Waals surface area contributed by atoms with Gasteiger partial charge in [0.05, 0.1) is 31.9 Å². The Balaban J connectivity index is 1.73. The van der Waals surface area contributed by atoms with Crippen molar-refractivity contribution >= 4 is 17.0 Å². The summed E-state index contributed by atoms with van der Waals surface area (Å²) in [5.74, 6) is 0.945. The molecule has 1 saturated heterocycles. The zero-order valence-electron chi connectivity index (χ0n) is 18.0. The summed E-state index contributed by atoms with van der Waals surface area (Å²) in [6, 6.07) is 5.28. The molecule has 0 aliphatic carbocycles. The molecule has 0 spiro atoms. The standard InChI is InChI=1S/C22H27N5O4/c1-4-31-18-6-5-15(17(28)13-27-7-9-30-10-8-27)11-16(18)21-24-19-14(2)12-23-26(3)20(19)22(29)25-21/h5-6,11-12,23H,4,7-10,13H2,1-3H3,(H,24,25,29). The normalized spacial score (nSPS) is 16.4. The van der Waals surface area contributed by atoms with Crippen molar-refractivity contribution in [1.82, 2.24) is 20.3 Å². The number of allylic oxidation sites excluding steroid dienone is 1. The van der Waals surface area contributed by atoms with Gasteiger partial charge in [0.2, 0.25) is 0 Å². The second-order valence-electron chi connectivity index (χ2n) is 7.58. The SMILES string of the molecule is CCOc1ccc(C(=O)CN2CCOCC2)cc1-c1nc2c(c(=O)[nH]1)N(C)NC=C2C. The Morgan fingerprint density at radius 2 is 2.06 bits per heavy atom. The molecule has 2 aliphatic rings. The third-order valence-electron chi connectivity index (χ3n) is 5.41. The summed E-state index contributed by atoms with van der Waals surface area (Å²) in [4.78, 5) is 35.4. The van der Waals surface area contributed by atoms with Crippen LogP contribution in [0, 0.1) is 0 Å². The number of morpholine rings is 1. The minimum Gasteiger partial charge on any atom is -0.493 e. The van der Waals surface area contributed by atoms with Crippen LogP contribution in [0.25, 0.3) is 17.0 Å². The van der Waals surface area contributed by atoms with Crippen molar-refractivity contribution in [2.24, 2.45) is 0 Å². The van der Waals surface area contributed by atoms with Gasteiger partial charge in [-0.3, -0.25) is 19.5 Å². The van der Waals surface area contributed by atoms with Crippen LogP contribution < -0.4 is 20.7 Å². The molecule has 31 heavy (non-hydrogen) atoms. The number of Topliss-reactive ketones (excluding diaryl/α,β-unsaturated/α-hetero) is 1. The van der Waals surface area contributed by atoms with Gasteiger partial charge < -0.3 is 19.9 Å². The third kappa shape index (κ3) is 4.33. The van der Waals surface area contributed by atoms with Crippen molar-refractivity contribution in [3.8, 4) is 17.1 Å². The maximum atomic E-state index is 12.9. The van der Waals surface area contributed by atoms with E-state index in [1.54, 1.807) is 36.5 Å². The first kappa shape index (κ1) is 21.1. The van der Waals surface area contributed by atoms with E-state index in [1.165, 1.54) is 0 Å². The summed E-state index contributed by atoms with van der Waals surface area (Å²) in [6.07, 6.45) is 1.80. The molecule has 1 aromatic heterocycles. The lowest BCUT2D eigenvalue weighted by molar-refractivity contribution is 0.0371. The highest BCUT2D eigenvalue weighted by atomic mass is 16.5. The summed E-state index contributed by atoms with van der Waals surface area (Å²) in [7, 11) is 1.76.